The van der Waals surface area contributed by atoms with E-state index in [1.807, 2.05) is 94.4 Å². The average Bonchev–Trinajstić information content (AvgIpc) is 3.90. The molecule has 0 fully saturated rings. The van der Waals surface area contributed by atoms with Gasteiger partial charge in [-0.05, 0) is 142 Å². The van der Waals surface area contributed by atoms with E-state index >= 15 is 0 Å². The van der Waals surface area contributed by atoms with Crippen LogP contribution in [0.5, 0.6) is 11.5 Å². The molecule has 3 heterocycles. The lowest BCUT2D eigenvalue weighted by Gasteiger charge is -2.23. The highest BCUT2D eigenvalue weighted by molar-refractivity contribution is 6.10. The van der Waals surface area contributed by atoms with Crippen molar-refractivity contribution in [3.05, 3.63) is 179 Å². The second-order valence-corrected chi connectivity index (χ2v) is 17.9. The van der Waals surface area contributed by atoms with Gasteiger partial charge in [-0.1, -0.05) is 114 Å². The maximum atomic E-state index is 8.62. The van der Waals surface area contributed by atoms with Gasteiger partial charge in [0.05, 0.1) is 16.7 Å². The van der Waals surface area contributed by atoms with Crippen LogP contribution in [0.1, 0.15) is 87.3 Å². The number of benzene rings is 6. The van der Waals surface area contributed by atoms with E-state index in [1.165, 1.54) is 6.20 Å². The zero-order chi connectivity index (χ0) is 50.3. The minimum Gasteiger partial charge on any atom is -0.457 e. The fourth-order valence-corrected chi connectivity index (χ4v) is 8.28. The zero-order valence-corrected chi connectivity index (χ0v) is 35.6. The molecule has 0 amide bonds. The molecule has 9 aromatic rings. The van der Waals surface area contributed by atoms with Crippen molar-refractivity contribution in [2.24, 2.45) is 0 Å². The standard InChI is InChI=1S/C56H54N4O/c1-35-27-43(55(5,6)7)28-36(2)52(35)41-23-24-57-51(33-41)60-49-22-19-40(39-15-12-11-13-16-39)32-48(49)47-21-20-46(34-50(47)60)61-45-18-14-17-42(31-45)54-58-25-26-59(54)53-37(3)29-44(30-38(53)4)56(8,9)10/h11-34H,1-10H3/i1D3,3D3,4D3. The molecule has 0 saturated heterocycles. The summed E-state index contributed by atoms with van der Waals surface area (Å²) in [6.45, 7) is 6.32. The summed E-state index contributed by atoms with van der Waals surface area (Å²) in [6.07, 6.45) is 4.83. The van der Waals surface area contributed by atoms with Crippen molar-refractivity contribution in [1.82, 2.24) is 19.1 Å². The van der Waals surface area contributed by atoms with E-state index in [0.717, 1.165) is 49.6 Å². The highest BCUT2D eigenvalue weighted by Crippen LogP contribution is 2.40. The Hall–Kier alpha value is -6.72. The number of ether oxygens (including phenoxy) is 1. The van der Waals surface area contributed by atoms with E-state index < -0.39 is 26.0 Å². The maximum Gasteiger partial charge on any atom is 0.144 e. The number of nitrogens with zero attached hydrogens (tertiary/aromatic N) is 4. The summed E-state index contributed by atoms with van der Waals surface area (Å²) in [7, 11) is 0. The van der Waals surface area contributed by atoms with E-state index in [4.69, 9.17) is 22.1 Å². The second kappa shape index (κ2) is 15.1. The van der Waals surface area contributed by atoms with E-state index in [2.05, 4.69) is 66.7 Å². The van der Waals surface area contributed by atoms with Crippen molar-refractivity contribution in [3.8, 4) is 56.6 Å². The van der Waals surface area contributed by atoms with Crippen molar-refractivity contribution >= 4 is 21.8 Å². The zero-order valence-electron chi connectivity index (χ0n) is 44.6. The second-order valence-electron chi connectivity index (χ2n) is 17.9. The number of aryl methyl sites for hydroxylation is 4. The molecule has 9 rings (SSSR count). The van der Waals surface area contributed by atoms with Gasteiger partial charge in [0.1, 0.15) is 23.1 Å². The molecule has 5 heteroatoms. The maximum absolute atomic E-state index is 8.62. The molecule has 5 nitrogen and oxygen atoms in total. The highest BCUT2D eigenvalue weighted by Gasteiger charge is 2.21. The molecule has 3 aromatic heterocycles. The molecule has 0 unspecified atom stereocenters. The highest BCUT2D eigenvalue weighted by atomic mass is 16.5. The van der Waals surface area contributed by atoms with Crippen LogP contribution in [-0.2, 0) is 10.8 Å². The Balaban J connectivity index is 1.17. The first-order chi connectivity index (χ1) is 32.8. The van der Waals surface area contributed by atoms with Crippen molar-refractivity contribution < 1.29 is 17.1 Å². The molecule has 0 atom stereocenters. The number of pyridine rings is 1. The van der Waals surface area contributed by atoms with Crippen molar-refractivity contribution in [2.75, 3.05) is 0 Å². The largest absolute Gasteiger partial charge is 0.457 e. The lowest BCUT2D eigenvalue weighted by atomic mass is 9.83. The lowest BCUT2D eigenvalue weighted by molar-refractivity contribution is 0.483. The average molecular weight is 808 g/mol. The van der Waals surface area contributed by atoms with Gasteiger partial charge >= 0.3 is 0 Å². The number of rotatable bonds is 7. The van der Waals surface area contributed by atoms with Crippen molar-refractivity contribution in [1.29, 1.82) is 0 Å². The van der Waals surface area contributed by atoms with Crippen LogP contribution in [0.3, 0.4) is 0 Å². The molecule has 0 saturated carbocycles. The van der Waals surface area contributed by atoms with Crippen LogP contribution >= 0.6 is 0 Å². The summed E-state index contributed by atoms with van der Waals surface area (Å²) >= 11 is 0. The predicted octanol–water partition coefficient (Wildman–Crippen LogP) is 15.0. The Morgan fingerprint density at radius 1 is 0.525 bits per heavy atom. The number of aromatic nitrogens is 4. The molecule has 0 aliphatic heterocycles. The molecule has 0 aliphatic carbocycles. The first-order valence-electron chi connectivity index (χ1n) is 25.0. The predicted molar refractivity (Wildman–Crippen MR) is 255 cm³/mol. The van der Waals surface area contributed by atoms with Gasteiger partial charge in [0, 0.05) is 53.3 Å². The van der Waals surface area contributed by atoms with Gasteiger partial charge in [0.15, 0.2) is 0 Å². The summed E-state index contributed by atoms with van der Waals surface area (Å²) in [5.74, 6) is 1.91. The van der Waals surface area contributed by atoms with Gasteiger partial charge in [-0.2, -0.15) is 0 Å². The van der Waals surface area contributed by atoms with Gasteiger partial charge in [0.2, 0.25) is 0 Å². The summed E-state index contributed by atoms with van der Waals surface area (Å²) < 4.78 is 87.4. The van der Waals surface area contributed by atoms with Crippen molar-refractivity contribution in [2.45, 2.75) is 79.9 Å². The van der Waals surface area contributed by atoms with Crippen LogP contribution in [0.25, 0.3) is 67.0 Å². The molecule has 0 bridgehead atoms. The smallest absolute Gasteiger partial charge is 0.144 e. The SMILES string of the molecule is [2H]C([2H])([2H])c1cc(C(C)(C)C)cc(C)c1-c1ccnc(-n2c3ccc(-c4ccccc4)cc3c3ccc(Oc4cccc(-c5nccn5-c5c(C([2H])([2H])[2H])cc(C(C)(C)C)cc5C([2H])([2H])[2H])c4)cc32)c1. The minimum atomic E-state index is -2.64. The van der Waals surface area contributed by atoms with Crippen LogP contribution in [0, 0.1) is 27.5 Å². The summed E-state index contributed by atoms with van der Waals surface area (Å²) in [4.78, 5) is 9.55. The van der Waals surface area contributed by atoms with E-state index in [0.29, 0.717) is 45.4 Å². The molecule has 6 aromatic carbocycles. The van der Waals surface area contributed by atoms with Crippen LogP contribution < -0.4 is 4.74 Å². The molecule has 304 valence electrons. The van der Waals surface area contributed by atoms with Gasteiger partial charge < -0.3 is 4.74 Å². The molecule has 61 heavy (non-hydrogen) atoms. The number of hydrogen-bond acceptors (Lipinski definition) is 3. The van der Waals surface area contributed by atoms with Crippen LogP contribution in [0.2, 0.25) is 0 Å². The first-order valence-corrected chi connectivity index (χ1v) is 20.5. The topological polar surface area (TPSA) is 44.9 Å². The van der Waals surface area contributed by atoms with E-state index in [-0.39, 0.29) is 22.2 Å². The van der Waals surface area contributed by atoms with Crippen molar-refractivity contribution in [3.63, 3.8) is 0 Å². The fourth-order valence-electron chi connectivity index (χ4n) is 8.28. The van der Waals surface area contributed by atoms with Gasteiger partial charge in [-0.3, -0.25) is 9.13 Å². The summed E-state index contributed by atoms with van der Waals surface area (Å²) in [5, 5.41) is 1.94. The first kappa shape index (κ1) is 30.3. The monoisotopic (exact) mass is 807 g/mol. The molecule has 0 N–H and O–H groups in total. The van der Waals surface area contributed by atoms with Crippen LogP contribution in [0.4, 0.5) is 0 Å². The molecular weight excluding hydrogens is 745 g/mol. The van der Waals surface area contributed by atoms with Gasteiger partial charge in [0.25, 0.3) is 0 Å². The van der Waals surface area contributed by atoms with Gasteiger partial charge in [-0.15, -0.1) is 0 Å². The van der Waals surface area contributed by atoms with Crippen LogP contribution in [-0.4, -0.2) is 19.1 Å². The number of hydrogen-bond donors (Lipinski definition) is 0. The third kappa shape index (κ3) is 7.43. The third-order valence-electron chi connectivity index (χ3n) is 11.5. The Bertz CT molecular complexity index is 3420. The molecular formula is C56H54N4O. The quantitative estimate of drug-likeness (QED) is 0.161. The molecule has 0 radical (unpaired) electrons. The number of fused-ring (bicyclic) bond motifs is 3. The minimum absolute atomic E-state index is 0.0462. The lowest BCUT2D eigenvalue weighted by Crippen LogP contribution is -2.13. The Morgan fingerprint density at radius 3 is 1.93 bits per heavy atom. The van der Waals surface area contributed by atoms with E-state index in [1.54, 1.807) is 41.2 Å². The summed E-state index contributed by atoms with van der Waals surface area (Å²) in [5.41, 5.74) is 7.58. The Labute approximate surface area is 373 Å². The third-order valence-corrected chi connectivity index (χ3v) is 11.5. The summed E-state index contributed by atoms with van der Waals surface area (Å²) in [6, 6.07) is 40.5. The Kier molecular flexibility index (Phi) is 7.50. The normalized spacial score (nSPS) is 14.9. The molecule has 0 spiro atoms. The van der Waals surface area contributed by atoms with Gasteiger partial charge in [-0.25, -0.2) is 9.97 Å². The molecule has 0 aliphatic rings. The number of imidazole rings is 1. The fraction of sp³-hybridized carbons (Fsp3) is 0.214. The van der Waals surface area contributed by atoms with E-state index in [9.17, 15) is 0 Å². The Morgan fingerprint density at radius 2 is 1.21 bits per heavy atom. The van der Waals surface area contributed by atoms with Crippen LogP contribution in [0.15, 0.2) is 146 Å².